The van der Waals surface area contributed by atoms with Crippen molar-refractivity contribution in [3.63, 3.8) is 0 Å². The van der Waals surface area contributed by atoms with Crippen LogP contribution in [0.2, 0.25) is 5.02 Å². The molecule has 1 atom stereocenters. The van der Waals surface area contributed by atoms with Crippen molar-refractivity contribution in [2.45, 2.75) is 58.2 Å². The number of nitrogens with one attached hydrogen (secondary N) is 1. The van der Waals surface area contributed by atoms with Crippen molar-refractivity contribution < 1.29 is 9.53 Å². The third-order valence-electron chi connectivity index (χ3n) is 3.83. The Kier molecular flexibility index (Phi) is 6.31. The fourth-order valence-electron chi connectivity index (χ4n) is 2.67. The lowest BCUT2D eigenvalue weighted by Crippen LogP contribution is -2.44. The molecule has 1 aromatic carbocycles. The maximum atomic E-state index is 12.3. The van der Waals surface area contributed by atoms with E-state index >= 15 is 0 Å². The Morgan fingerprint density at radius 2 is 2.00 bits per heavy atom. The highest BCUT2D eigenvalue weighted by Gasteiger charge is 2.26. The monoisotopic (exact) mass is 338 g/mol. The van der Waals surface area contributed by atoms with Crippen molar-refractivity contribution in [2.24, 2.45) is 0 Å². The normalized spacial score (nSPS) is 19.3. The van der Waals surface area contributed by atoms with E-state index in [1.807, 2.05) is 49.9 Å². The van der Waals surface area contributed by atoms with Gasteiger partial charge in [-0.25, -0.2) is 4.79 Å². The van der Waals surface area contributed by atoms with E-state index in [1.54, 1.807) is 0 Å². The second-order valence-corrected chi connectivity index (χ2v) is 7.56. The van der Waals surface area contributed by atoms with Crippen molar-refractivity contribution >= 4 is 17.7 Å². The summed E-state index contributed by atoms with van der Waals surface area (Å²) in [5.74, 6) is 0. The molecule has 1 heterocycles. The number of carbonyl (C=O) groups excluding carboxylic acids is 1. The molecule has 23 heavy (non-hydrogen) atoms. The fourth-order valence-corrected chi connectivity index (χ4v) is 2.79. The number of rotatable bonds is 3. The van der Waals surface area contributed by atoms with Crippen molar-refractivity contribution in [3.8, 4) is 0 Å². The number of likely N-dealkylation sites (tertiary alicyclic amines) is 1. The highest BCUT2D eigenvalue weighted by atomic mass is 35.5. The molecule has 1 aliphatic rings. The fraction of sp³-hybridized carbons (Fsp3) is 0.611. The first-order chi connectivity index (χ1) is 10.8. The van der Waals surface area contributed by atoms with E-state index < -0.39 is 5.60 Å². The van der Waals surface area contributed by atoms with Gasteiger partial charge in [0.15, 0.2) is 0 Å². The standard InChI is InChI=1S/C18H27ClN2O2/c1-18(2,3)23-17(22)21-11-5-4-6-16(13-21)20-12-14-7-9-15(19)10-8-14/h7-10,16,20H,4-6,11-13H2,1-3H3. The zero-order valence-electron chi connectivity index (χ0n) is 14.3. The quantitative estimate of drug-likeness (QED) is 0.897. The van der Waals surface area contributed by atoms with Crippen LogP contribution in [0.15, 0.2) is 24.3 Å². The first-order valence-corrected chi connectivity index (χ1v) is 8.67. The smallest absolute Gasteiger partial charge is 0.410 e. The highest BCUT2D eigenvalue weighted by molar-refractivity contribution is 6.30. The molecule has 0 saturated carbocycles. The lowest BCUT2D eigenvalue weighted by Gasteiger charge is -2.28. The summed E-state index contributed by atoms with van der Waals surface area (Å²) >= 11 is 5.91. The van der Waals surface area contributed by atoms with Crippen LogP contribution in [-0.4, -0.2) is 35.7 Å². The first kappa shape index (κ1) is 18.1. The van der Waals surface area contributed by atoms with Crippen LogP contribution in [0.4, 0.5) is 4.79 Å². The van der Waals surface area contributed by atoms with Crippen LogP contribution in [0, 0.1) is 0 Å². The lowest BCUT2D eigenvalue weighted by atomic mass is 10.1. The molecular formula is C18H27ClN2O2. The molecule has 0 aromatic heterocycles. The molecule has 128 valence electrons. The first-order valence-electron chi connectivity index (χ1n) is 8.29. The minimum Gasteiger partial charge on any atom is -0.444 e. The molecule has 1 aliphatic heterocycles. The van der Waals surface area contributed by atoms with Crippen molar-refractivity contribution in [1.82, 2.24) is 10.2 Å². The van der Waals surface area contributed by atoms with Gasteiger partial charge in [0.25, 0.3) is 0 Å². The second-order valence-electron chi connectivity index (χ2n) is 7.13. The summed E-state index contributed by atoms with van der Waals surface area (Å²) in [5, 5.41) is 4.30. The van der Waals surface area contributed by atoms with Crippen molar-refractivity contribution in [2.75, 3.05) is 13.1 Å². The molecule has 5 heteroatoms. The zero-order valence-corrected chi connectivity index (χ0v) is 15.0. The number of carbonyl (C=O) groups is 1. The van der Waals surface area contributed by atoms with Crippen LogP contribution in [0.1, 0.15) is 45.6 Å². The van der Waals surface area contributed by atoms with Crippen LogP contribution in [-0.2, 0) is 11.3 Å². The summed E-state index contributed by atoms with van der Waals surface area (Å²) in [4.78, 5) is 14.1. The van der Waals surface area contributed by atoms with E-state index in [9.17, 15) is 4.79 Å². The maximum absolute atomic E-state index is 12.3. The topological polar surface area (TPSA) is 41.6 Å². The Morgan fingerprint density at radius 1 is 1.30 bits per heavy atom. The van der Waals surface area contributed by atoms with Gasteiger partial charge < -0.3 is 15.0 Å². The van der Waals surface area contributed by atoms with E-state index in [-0.39, 0.29) is 6.09 Å². The number of halogens is 1. The summed E-state index contributed by atoms with van der Waals surface area (Å²) in [5.41, 5.74) is 0.748. The molecule has 0 spiro atoms. The highest BCUT2D eigenvalue weighted by Crippen LogP contribution is 2.16. The average Bonchev–Trinajstić information content (AvgIpc) is 2.70. The van der Waals surface area contributed by atoms with Crippen LogP contribution < -0.4 is 5.32 Å². The van der Waals surface area contributed by atoms with Gasteiger partial charge in [0.05, 0.1) is 0 Å². The minimum atomic E-state index is -0.449. The summed E-state index contributed by atoms with van der Waals surface area (Å²) in [6.45, 7) is 7.96. The van der Waals surface area contributed by atoms with Gasteiger partial charge in [0.1, 0.15) is 5.60 Å². The summed E-state index contributed by atoms with van der Waals surface area (Å²) in [6, 6.07) is 8.15. The predicted molar refractivity (Wildman–Crippen MR) is 93.7 cm³/mol. The Hall–Kier alpha value is -1.26. The molecule has 0 radical (unpaired) electrons. The lowest BCUT2D eigenvalue weighted by molar-refractivity contribution is 0.0243. The van der Waals surface area contributed by atoms with Gasteiger partial charge in [0, 0.05) is 30.7 Å². The molecule has 0 aliphatic carbocycles. The number of ether oxygens (including phenoxy) is 1. The molecule has 1 N–H and O–H groups in total. The van der Waals surface area contributed by atoms with Gasteiger partial charge in [-0.2, -0.15) is 0 Å². The Bertz CT molecular complexity index is 511. The molecule has 2 rings (SSSR count). The summed E-state index contributed by atoms with van der Waals surface area (Å²) < 4.78 is 5.50. The van der Waals surface area contributed by atoms with E-state index in [2.05, 4.69) is 5.32 Å². The maximum Gasteiger partial charge on any atom is 0.410 e. The van der Waals surface area contributed by atoms with Crippen molar-refractivity contribution in [3.05, 3.63) is 34.9 Å². The minimum absolute atomic E-state index is 0.210. The van der Waals surface area contributed by atoms with Crippen LogP contribution in [0.25, 0.3) is 0 Å². The second kappa shape index (κ2) is 8.02. The van der Waals surface area contributed by atoms with E-state index in [0.29, 0.717) is 12.6 Å². The SMILES string of the molecule is CC(C)(C)OC(=O)N1CCCCC(NCc2ccc(Cl)cc2)C1. The Balaban J connectivity index is 1.88. The number of hydrogen-bond acceptors (Lipinski definition) is 3. The molecular weight excluding hydrogens is 312 g/mol. The summed E-state index contributed by atoms with van der Waals surface area (Å²) in [7, 11) is 0. The third kappa shape index (κ3) is 6.40. The van der Waals surface area contributed by atoms with Crippen LogP contribution >= 0.6 is 11.6 Å². The number of benzene rings is 1. The van der Waals surface area contributed by atoms with Crippen LogP contribution in [0.3, 0.4) is 0 Å². The largest absolute Gasteiger partial charge is 0.444 e. The summed E-state index contributed by atoms with van der Waals surface area (Å²) in [6.07, 6.45) is 3.01. The predicted octanol–water partition coefficient (Wildman–Crippen LogP) is 4.22. The Morgan fingerprint density at radius 3 is 2.65 bits per heavy atom. The van der Waals surface area contributed by atoms with E-state index in [4.69, 9.17) is 16.3 Å². The molecule has 1 unspecified atom stereocenters. The number of nitrogens with zero attached hydrogens (tertiary/aromatic N) is 1. The third-order valence-corrected chi connectivity index (χ3v) is 4.08. The molecule has 1 amide bonds. The van der Waals surface area contributed by atoms with Gasteiger partial charge in [-0.15, -0.1) is 0 Å². The molecule has 1 saturated heterocycles. The average molecular weight is 339 g/mol. The van der Waals surface area contributed by atoms with Crippen LogP contribution in [0.5, 0.6) is 0 Å². The molecule has 1 fully saturated rings. The van der Waals surface area contributed by atoms with E-state index in [0.717, 1.165) is 37.4 Å². The van der Waals surface area contributed by atoms with Gasteiger partial charge >= 0.3 is 6.09 Å². The van der Waals surface area contributed by atoms with Gasteiger partial charge in [-0.3, -0.25) is 0 Å². The van der Waals surface area contributed by atoms with Gasteiger partial charge in [0.2, 0.25) is 0 Å². The molecule has 4 nitrogen and oxygen atoms in total. The molecule has 0 bridgehead atoms. The Labute approximate surface area is 144 Å². The van der Waals surface area contributed by atoms with Gasteiger partial charge in [-0.1, -0.05) is 30.2 Å². The molecule has 1 aromatic rings. The van der Waals surface area contributed by atoms with Crippen molar-refractivity contribution in [1.29, 1.82) is 0 Å². The number of hydrogen-bond donors (Lipinski definition) is 1. The zero-order chi connectivity index (χ0) is 16.9. The number of amides is 1. The van der Waals surface area contributed by atoms with Gasteiger partial charge in [-0.05, 0) is 51.3 Å². The van der Waals surface area contributed by atoms with E-state index in [1.165, 1.54) is 5.56 Å².